The van der Waals surface area contributed by atoms with E-state index >= 15 is 0 Å². The Kier molecular flexibility index (Phi) is 3.69. The quantitative estimate of drug-likeness (QED) is 0.518. The fraction of sp³-hybridized carbons (Fsp3) is 0.583. The highest BCUT2D eigenvalue weighted by atomic mass is 16.6. The first kappa shape index (κ1) is 12.0. The number of rotatable bonds is 2. The average Bonchev–Trinajstić information content (AvgIpc) is 2.15. The fourth-order valence-electron chi connectivity index (χ4n) is 1.28. The third kappa shape index (κ3) is 3.88. The molecule has 3 heteroatoms. The molecule has 0 fully saturated rings. The molecule has 3 nitrogen and oxygen atoms in total. The average molecular weight is 210 g/mol. The van der Waals surface area contributed by atoms with E-state index in [1.807, 2.05) is 32.9 Å². The number of ether oxygens (including phenoxy) is 2. The minimum absolute atomic E-state index is 0.184. The third-order valence-corrected chi connectivity index (χ3v) is 1.90. The number of hydrogen-bond acceptors (Lipinski definition) is 3. The number of esters is 1. The highest BCUT2D eigenvalue weighted by Gasteiger charge is 2.28. The Balaban J connectivity index is 2.55. The van der Waals surface area contributed by atoms with Crippen molar-refractivity contribution in [2.75, 3.05) is 0 Å². The molecule has 0 bridgehead atoms. The van der Waals surface area contributed by atoms with E-state index in [0.29, 0.717) is 6.42 Å². The topological polar surface area (TPSA) is 35.5 Å². The first-order chi connectivity index (χ1) is 6.92. The van der Waals surface area contributed by atoms with Crippen LogP contribution in [0.1, 0.15) is 27.2 Å². The molecule has 2 atom stereocenters. The lowest BCUT2D eigenvalue weighted by atomic mass is 10.1. The van der Waals surface area contributed by atoms with Gasteiger partial charge in [-0.25, -0.2) is 4.79 Å². The van der Waals surface area contributed by atoms with Gasteiger partial charge in [-0.05, 0) is 20.8 Å². The largest absolute Gasteiger partial charge is 0.458 e. The smallest absolute Gasteiger partial charge is 0.336 e. The van der Waals surface area contributed by atoms with Crippen LogP contribution in [-0.4, -0.2) is 23.8 Å². The SMILES string of the molecule is C=C[C@@H]1C=CC[C@H](C(=O)OC(C)(C)C)O1. The minimum atomic E-state index is -0.503. The second kappa shape index (κ2) is 4.62. The van der Waals surface area contributed by atoms with Crippen LogP contribution in [0.2, 0.25) is 0 Å². The Labute approximate surface area is 90.8 Å². The zero-order chi connectivity index (χ0) is 11.5. The molecule has 0 radical (unpaired) electrons. The van der Waals surface area contributed by atoms with E-state index in [1.165, 1.54) is 0 Å². The third-order valence-electron chi connectivity index (χ3n) is 1.90. The van der Waals surface area contributed by atoms with E-state index in [9.17, 15) is 4.79 Å². The molecule has 0 aromatic carbocycles. The molecule has 0 saturated heterocycles. The summed E-state index contributed by atoms with van der Waals surface area (Å²) in [6.07, 6.45) is 5.35. The molecule has 1 heterocycles. The van der Waals surface area contributed by atoms with Gasteiger partial charge in [0.15, 0.2) is 6.10 Å². The van der Waals surface area contributed by atoms with Crippen LogP contribution in [0.25, 0.3) is 0 Å². The predicted molar refractivity (Wildman–Crippen MR) is 58.5 cm³/mol. The summed E-state index contributed by atoms with van der Waals surface area (Å²) in [5.74, 6) is -0.307. The van der Waals surface area contributed by atoms with Crippen molar-refractivity contribution < 1.29 is 14.3 Å². The maximum Gasteiger partial charge on any atom is 0.336 e. The first-order valence-electron chi connectivity index (χ1n) is 5.10. The van der Waals surface area contributed by atoms with Crippen molar-refractivity contribution in [3.05, 3.63) is 24.8 Å². The molecule has 0 aliphatic carbocycles. The lowest BCUT2D eigenvalue weighted by Crippen LogP contribution is -2.36. The lowest BCUT2D eigenvalue weighted by molar-refractivity contribution is -0.170. The Morgan fingerprint density at radius 1 is 1.60 bits per heavy atom. The van der Waals surface area contributed by atoms with Crippen LogP contribution < -0.4 is 0 Å². The van der Waals surface area contributed by atoms with Crippen molar-refractivity contribution in [1.29, 1.82) is 0 Å². The van der Waals surface area contributed by atoms with Gasteiger partial charge in [0.05, 0.1) is 6.10 Å². The van der Waals surface area contributed by atoms with E-state index in [1.54, 1.807) is 6.08 Å². The van der Waals surface area contributed by atoms with Gasteiger partial charge in [0, 0.05) is 6.42 Å². The first-order valence-corrected chi connectivity index (χ1v) is 5.10. The van der Waals surface area contributed by atoms with Gasteiger partial charge in [0.1, 0.15) is 5.60 Å². The summed E-state index contributed by atoms with van der Waals surface area (Å²) in [6, 6.07) is 0. The highest BCUT2D eigenvalue weighted by molar-refractivity contribution is 5.75. The predicted octanol–water partition coefficient (Wildman–Crippen LogP) is 2.23. The maximum atomic E-state index is 11.7. The molecular weight excluding hydrogens is 192 g/mol. The number of carbonyl (C=O) groups is 1. The monoisotopic (exact) mass is 210 g/mol. The molecule has 1 aliphatic heterocycles. The molecule has 1 rings (SSSR count). The van der Waals surface area contributed by atoms with Crippen LogP contribution in [0.3, 0.4) is 0 Å². The molecule has 0 amide bonds. The van der Waals surface area contributed by atoms with Gasteiger partial charge in [-0.15, -0.1) is 6.58 Å². The fourth-order valence-corrected chi connectivity index (χ4v) is 1.28. The molecule has 0 unspecified atom stereocenters. The van der Waals surface area contributed by atoms with Gasteiger partial charge in [-0.3, -0.25) is 0 Å². The van der Waals surface area contributed by atoms with Gasteiger partial charge < -0.3 is 9.47 Å². The van der Waals surface area contributed by atoms with Crippen molar-refractivity contribution in [2.24, 2.45) is 0 Å². The zero-order valence-electron chi connectivity index (χ0n) is 9.53. The van der Waals surface area contributed by atoms with Crippen molar-refractivity contribution in [1.82, 2.24) is 0 Å². The summed E-state index contributed by atoms with van der Waals surface area (Å²) < 4.78 is 10.7. The van der Waals surface area contributed by atoms with Crippen molar-refractivity contribution >= 4 is 5.97 Å². The Bertz CT molecular complexity index is 273. The van der Waals surface area contributed by atoms with E-state index in [0.717, 1.165) is 0 Å². The highest BCUT2D eigenvalue weighted by Crippen LogP contribution is 2.17. The Morgan fingerprint density at radius 2 is 2.27 bits per heavy atom. The van der Waals surface area contributed by atoms with Crippen LogP contribution in [0, 0.1) is 0 Å². The van der Waals surface area contributed by atoms with E-state index < -0.39 is 11.7 Å². The van der Waals surface area contributed by atoms with E-state index in [-0.39, 0.29) is 12.1 Å². The van der Waals surface area contributed by atoms with Gasteiger partial charge >= 0.3 is 5.97 Å². The summed E-state index contributed by atoms with van der Waals surface area (Å²) >= 11 is 0. The van der Waals surface area contributed by atoms with Crippen LogP contribution in [-0.2, 0) is 14.3 Å². The van der Waals surface area contributed by atoms with E-state index in [4.69, 9.17) is 9.47 Å². The normalized spacial score (nSPS) is 26.1. The van der Waals surface area contributed by atoms with Gasteiger partial charge in [-0.1, -0.05) is 18.2 Å². The van der Waals surface area contributed by atoms with Crippen molar-refractivity contribution in [2.45, 2.75) is 45.0 Å². The summed E-state index contributed by atoms with van der Waals surface area (Å²) in [6.45, 7) is 9.15. The second-order valence-electron chi connectivity index (χ2n) is 4.52. The molecule has 15 heavy (non-hydrogen) atoms. The Hall–Kier alpha value is -1.09. The summed E-state index contributed by atoms with van der Waals surface area (Å²) in [4.78, 5) is 11.7. The molecule has 0 spiro atoms. The van der Waals surface area contributed by atoms with Crippen LogP contribution in [0.5, 0.6) is 0 Å². The molecule has 84 valence electrons. The maximum absolute atomic E-state index is 11.7. The van der Waals surface area contributed by atoms with Crippen molar-refractivity contribution in [3.63, 3.8) is 0 Å². The zero-order valence-corrected chi connectivity index (χ0v) is 9.53. The van der Waals surface area contributed by atoms with E-state index in [2.05, 4.69) is 6.58 Å². The van der Waals surface area contributed by atoms with Crippen molar-refractivity contribution in [3.8, 4) is 0 Å². The van der Waals surface area contributed by atoms with Gasteiger partial charge in [-0.2, -0.15) is 0 Å². The van der Waals surface area contributed by atoms with Crippen LogP contribution in [0.4, 0.5) is 0 Å². The summed E-state index contributed by atoms with van der Waals surface area (Å²) in [5, 5.41) is 0. The van der Waals surface area contributed by atoms with Gasteiger partial charge in [0.25, 0.3) is 0 Å². The standard InChI is InChI=1S/C12H18O3/c1-5-9-7-6-8-10(14-9)11(13)15-12(2,3)4/h5-7,9-10H,1,8H2,2-4H3/t9-,10-/m1/s1. The lowest BCUT2D eigenvalue weighted by Gasteiger charge is -2.26. The Morgan fingerprint density at radius 3 is 2.80 bits per heavy atom. The molecular formula is C12H18O3. The molecule has 0 aromatic heterocycles. The molecule has 0 N–H and O–H groups in total. The second-order valence-corrected chi connectivity index (χ2v) is 4.52. The minimum Gasteiger partial charge on any atom is -0.458 e. The number of hydrogen-bond donors (Lipinski definition) is 0. The van der Waals surface area contributed by atoms with Crippen LogP contribution in [0.15, 0.2) is 24.8 Å². The van der Waals surface area contributed by atoms with Crippen LogP contribution >= 0.6 is 0 Å². The molecule has 1 aliphatic rings. The van der Waals surface area contributed by atoms with Gasteiger partial charge in [0.2, 0.25) is 0 Å². The summed E-state index contributed by atoms with van der Waals surface area (Å²) in [7, 11) is 0. The molecule has 0 aromatic rings. The summed E-state index contributed by atoms with van der Waals surface area (Å²) in [5.41, 5.74) is -0.467. The molecule has 0 saturated carbocycles. The number of carbonyl (C=O) groups excluding carboxylic acids is 1.